The summed E-state index contributed by atoms with van der Waals surface area (Å²) in [6.45, 7) is 2.12. The number of anilines is 2. The van der Waals surface area contributed by atoms with E-state index in [2.05, 4.69) is 37.1 Å². The van der Waals surface area contributed by atoms with Crippen molar-refractivity contribution in [3.63, 3.8) is 0 Å². The van der Waals surface area contributed by atoms with Crippen LogP contribution in [0.25, 0.3) is 0 Å². The second-order valence-corrected chi connectivity index (χ2v) is 5.70. The Hall–Kier alpha value is -2.67. The Morgan fingerprint density at radius 2 is 1.88 bits per heavy atom. The molecule has 3 N–H and O–H groups in total. The van der Waals surface area contributed by atoms with Crippen molar-refractivity contribution >= 4 is 45.3 Å². The molecule has 0 saturated heterocycles. The van der Waals surface area contributed by atoms with Crippen molar-refractivity contribution in [1.29, 1.82) is 0 Å². The summed E-state index contributed by atoms with van der Waals surface area (Å²) >= 11 is 3.41. The number of hydrogen-bond acceptors (Lipinski definition) is 4. The molecule has 0 unspecified atom stereocenters. The van der Waals surface area contributed by atoms with Crippen molar-refractivity contribution in [2.24, 2.45) is 5.10 Å². The third-order valence-corrected chi connectivity index (χ3v) is 3.47. The fourth-order valence-electron chi connectivity index (χ4n) is 1.88. The van der Waals surface area contributed by atoms with Gasteiger partial charge in [0, 0.05) is 28.0 Å². The van der Waals surface area contributed by atoms with Crippen LogP contribution >= 0.6 is 15.9 Å². The molecule has 0 spiro atoms. The molecule has 0 aromatic heterocycles. The minimum absolute atomic E-state index is 0.382. The number of amides is 2. The highest BCUT2D eigenvalue weighted by Gasteiger charge is 2.10. The third-order valence-electron chi connectivity index (χ3n) is 2.98. The maximum absolute atomic E-state index is 11.5. The van der Waals surface area contributed by atoms with Gasteiger partial charge in [-0.1, -0.05) is 34.1 Å². The van der Waals surface area contributed by atoms with E-state index in [9.17, 15) is 9.59 Å². The highest BCUT2D eigenvalue weighted by atomic mass is 79.9. The number of hydrazone groups is 1. The van der Waals surface area contributed by atoms with Crippen LogP contribution in [0.15, 0.2) is 58.1 Å². The summed E-state index contributed by atoms with van der Waals surface area (Å²) in [5.74, 6) is -1.52. The summed E-state index contributed by atoms with van der Waals surface area (Å²) in [6.07, 6.45) is 1.48. The first kappa shape index (κ1) is 17.7. The lowest BCUT2D eigenvalue weighted by Crippen LogP contribution is -2.37. The van der Waals surface area contributed by atoms with E-state index in [0.717, 1.165) is 21.4 Å². The van der Waals surface area contributed by atoms with Crippen molar-refractivity contribution in [3.8, 4) is 0 Å². The smallest absolute Gasteiger partial charge is 0.329 e. The summed E-state index contributed by atoms with van der Waals surface area (Å²) in [6, 6.07) is 15.3. The molecule has 0 atom stereocenters. The van der Waals surface area contributed by atoms with E-state index in [0.29, 0.717) is 6.54 Å². The van der Waals surface area contributed by atoms with Gasteiger partial charge in [0.2, 0.25) is 0 Å². The van der Waals surface area contributed by atoms with Gasteiger partial charge in [0.05, 0.1) is 6.21 Å². The van der Waals surface area contributed by atoms with E-state index >= 15 is 0 Å². The molecule has 6 nitrogen and oxygen atoms in total. The number of carbonyl (C=O) groups is 2. The highest BCUT2D eigenvalue weighted by Crippen LogP contribution is 2.23. The first-order chi connectivity index (χ1) is 11.6. The Morgan fingerprint density at radius 1 is 1.12 bits per heavy atom. The minimum Gasteiger partial charge on any atom is -0.355 e. The van der Waals surface area contributed by atoms with E-state index in [4.69, 9.17) is 0 Å². The zero-order valence-corrected chi connectivity index (χ0v) is 14.6. The zero-order valence-electron chi connectivity index (χ0n) is 13.0. The minimum atomic E-state index is -0.805. The summed E-state index contributed by atoms with van der Waals surface area (Å²) in [7, 11) is 0. The van der Waals surface area contributed by atoms with Crippen LogP contribution in [-0.2, 0) is 9.59 Å². The molecule has 2 aromatic rings. The molecular formula is C17H17BrN4O2. The molecule has 2 rings (SSSR count). The quantitative estimate of drug-likeness (QED) is 0.418. The van der Waals surface area contributed by atoms with Crippen LogP contribution in [0.4, 0.5) is 11.4 Å². The van der Waals surface area contributed by atoms with Gasteiger partial charge in [0.1, 0.15) is 0 Å². The second kappa shape index (κ2) is 8.83. The number of hydrogen-bond donors (Lipinski definition) is 3. The fourth-order valence-corrected chi connectivity index (χ4v) is 2.26. The summed E-state index contributed by atoms with van der Waals surface area (Å²) in [5.41, 5.74) is 4.71. The molecule has 0 aliphatic carbocycles. The predicted molar refractivity (Wildman–Crippen MR) is 98.3 cm³/mol. The maximum atomic E-state index is 11.5. The van der Waals surface area contributed by atoms with Gasteiger partial charge >= 0.3 is 11.8 Å². The Kier molecular flexibility index (Phi) is 6.51. The molecule has 0 aliphatic heterocycles. The van der Waals surface area contributed by atoms with Gasteiger partial charge < -0.3 is 10.6 Å². The number of benzene rings is 2. The highest BCUT2D eigenvalue weighted by molar-refractivity contribution is 9.10. The molecular weight excluding hydrogens is 372 g/mol. The number of nitrogens with one attached hydrogen (secondary N) is 3. The lowest BCUT2D eigenvalue weighted by Gasteiger charge is -2.10. The molecule has 0 fully saturated rings. The summed E-state index contributed by atoms with van der Waals surface area (Å²) < 4.78 is 0.873. The van der Waals surface area contributed by atoms with Gasteiger partial charge in [-0.3, -0.25) is 9.59 Å². The Morgan fingerprint density at radius 3 is 2.58 bits per heavy atom. The van der Waals surface area contributed by atoms with Gasteiger partial charge in [-0.15, -0.1) is 0 Å². The van der Waals surface area contributed by atoms with Crippen LogP contribution in [0, 0.1) is 0 Å². The predicted octanol–water partition coefficient (Wildman–Crippen LogP) is 2.78. The van der Waals surface area contributed by atoms with Crippen LogP contribution in [0.5, 0.6) is 0 Å². The number of nitrogens with zero attached hydrogens (tertiary/aromatic N) is 1. The lowest BCUT2D eigenvalue weighted by atomic mass is 10.2. The molecule has 24 heavy (non-hydrogen) atoms. The number of para-hydroxylation sites is 1. The lowest BCUT2D eigenvalue weighted by molar-refractivity contribution is -0.139. The van der Waals surface area contributed by atoms with E-state index in [1.807, 2.05) is 48.5 Å². The maximum Gasteiger partial charge on any atom is 0.329 e. The third kappa shape index (κ3) is 5.20. The summed E-state index contributed by atoms with van der Waals surface area (Å²) in [5, 5.41) is 9.52. The largest absolute Gasteiger partial charge is 0.355 e. The fraction of sp³-hybridized carbons (Fsp3) is 0.118. The Bertz CT molecular complexity index is 748. The van der Waals surface area contributed by atoms with Crippen molar-refractivity contribution in [2.75, 3.05) is 11.9 Å². The average molecular weight is 389 g/mol. The summed E-state index contributed by atoms with van der Waals surface area (Å²) in [4.78, 5) is 22.8. The monoisotopic (exact) mass is 388 g/mol. The molecule has 124 valence electrons. The van der Waals surface area contributed by atoms with Crippen molar-refractivity contribution in [1.82, 2.24) is 10.7 Å². The van der Waals surface area contributed by atoms with Crippen molar-refractivity contribution < 1.29 is 9.59 Å². The van der Waals surface area contributed by atoms with E-state index in [-0.39, 0.29) is 0 Å². The van der Waals surface area contributed by atoms with Crippen LogP contribution in [-0.4, -0.2) is 24.6 Å². The van der Waals surface area contributed by atoms with E-state index < -0.39 is 11.8 Å². The Labute approximate surface area is 148 Å². The van der Waals surface area contributed by atoms with Crippen LogP contribution in [0.2, 0.25) is 0 Å². The number of halogens is 1. The topological polar surface area (TPSA) is 82.6 Å². The van der Waals surface area contributed by atoms with Crippen molar-refractivity contribution in [3.05, 3.63) is 58.6 Å². The van der Waals surface area contributed by atoms with Crippen LogP contribution in [0.1, 0.15) is 12.5 Å². The normalized spacial score (nSPS) is 10.4. The van der Waals surface area contributed by atoms with Gasteiger partial charge in [0.15, 0.2) is 0 Å². The van der Waals surface area contributed by atoms with Gasteiger partial charge in [-0.25, -0.2) is 5.43 Å². The SMILES string of the molecule is CCNC(=O)C(=O)N/N=C\c1cc(Br)ccc1Nc1ccccc1. The van der Waals surface area contributed by atoms with Crippen LogP contribution in [0.3, 0.4) is 0 Å². The average Bonchev–Trinajstić information content (AvgIpc) is 2.58. The standard InChI is InChI=1S/C17H17BrN4O2/c1-2-19-16(23)17(24)22-20-11-12-10-13(18)8-9-15(12)21-14-6-4-3-5-7-14/h3-11,21H,2H2,1H3,(H,19,23)(H,22,24)/b20-11-. The molecule has 2 aromatic carbocycles. The molecule has 2 amide bonds. The number of rotatable bonds is 5. The van der Waals surface area contributed by atoms with Gasteiger partial charge in [-0.05, 0) is 37.3 Å². The Balaban J connectivity index is 2.11. The second-order valence-electron chi connectivity index (χ2n) is 4.78. The molecule has 0 aliphatic rings. The molecule has 0 saturated carbocycles. The van der Waals surface area contributed by atoms with E-state index in [1.165, 1.54) is 6.21 Å². The molecule has 7 heteroatoms. The first-order valence-electron chi connectivity index (χ1n) is 7.33. The first-order valence-corrected chi connectivity index (χ1v) is 8.12. The van der Waals surface area contributed by atoms with Gasteiger partial charge in [-0.2, -0.15) is 5.10 Å². The number of likely N-dealkylation sites (N-methyl/N-ethyl adjacent to an activating group) is 1. The van der Waals surface area contributed by atoms with Gasteiger partial charge in [0.25, 0.3) is 0 Å². The van der Waals surface area contributed by atoms with E-state index in [1.54, 1.807) is 6.92 Å². The van der Waals surface area contributed by atoms with Crippen LogP contribution < -0.4 is 16.1 Å². The molecule has 0 heterocycles. The molecule has 0 radical (unpaired) electrons. The molecule has 0 bridgehead atoms. The zero-order chi connectivity index (χ0) is 17.4. The number of carbonyl (C=O) groups excluding carboxylic acids is 2. The van der Waals surface area contributed by atoms with Crippen molar-refractivity contribution in [2.45, 2.75) is 6.92 Å².